The zero-order valence-corrected chi connectivity index (χ0v) is 14.0. The second-order valence-electron chi connectivity index (χ2n) is 5.14. The Bertz CT molecular complexity index is 481. The number of hydrogen-bond acceptors (Lipinski definition) is 4. The summed E-state index contributed by atoms with van der Waals surface area (Å²) in [5.74, 6) is 1.38. The van der Waals surface area contributed by atoms with E-state index in [1.54, 1.807) is 20.2 Å². The largest absolute Gasteiger partial charge is 0.386 e. The molecule has 5 nitrogen and oxygen atoms in total. The molecule has 0 aromatic carbocycles. The summed E-state index contributed by atoms with van der Waals surface area (Å²) in [4.78, 5) is 7.36. The summed E-state index contributed by atoms with van der Waals surface area (Å²) >= 11 is 7.29. The van der Waals surface area contributed by atoms with Gasteiger partial charge in [0.05, 0.1) is 10.9 Å². The highest BCUT2D eigenvalue weighted by atomic mass is 35.5. The maximum absolute atomic E-state index is 10.2. The first-order valence-corrected chi connectivity index (χ1v) is 8.21. The van der Waals surface area contributed by atoms with Gasteiger partial charge in [-0.05, 0) is 18.6 Å². The van der Waals surface area contributed by atoms with E-state index in [-0.39, 0.29) is 0 Å². The van der Waals surface area contributed by atoms with Crippen LogP contribution in [0.5, 0.6) is 0 Å². The number of aliphatic imine (C=N–C) groups is 1. The van der Waals surface area contributed by atoms with Gasteiger partial charge in [-0.25, -0.2) is 0 Å². The van der Waals surface area contributed by atoms with E-state index in [0.717, 1.165) is 37.0 Å². The van der Waals surface area contributed by atoms with Crippen molar-refractivity contribution < 1.29 is 9.84 Å². The zero-order valence-electron chi connectivity index (χ0n) is 12.4. The zero-order chi connectivity index (χ0) is 15.2. The molecule has 1 aliphatic rings. The van der Waals surface area contributed by atoms with Crippen LogP contribution in [0, 0.1) is 5.92 Å². The average Bonchev–Trinajstić information content (AvgIpc) is 3.09. The summed E-state index contributed by atoms with van der Waals surface area (Å²) in [5, 5.41) is 13.4. The van der Waals surface area contributed by atoms with Crippen molar-refractivity contribution in [2.24, 2.45) is 10.9 Å². The second kappa shape index (κ2) is 7.98. The van der Waals surface area contributed by atoms with Gasteiger partial charge in [-0.15, -0.1) is 11.3 Å². The molecule has 1 aliphatic heterocycles. The Labute approximate surface area is 134 Å². The molecule has 1 aromatic rings. The topological polar surface area (TPSA) is 57.1 Å². The Morgan fingerprint density at radius 3 is 3.10 bits per heavy atom. The van der Waals surface area contributed by atoms with Crippen LogP contribution in [0.25, 0.3) is 0 Å². The van der Waals surface area contributed by atoms with Gasteiger partial charge in [-0.2, -0.15) is 0 Å². The third-order valence-corrected chi connectivity index (χ3v) is 4.91. The highest BCUT2D eigenvalue weighted by Gasteiger charge is 2.25. The molecular weight excluding hydrogens is 310 g/mol. The van der Waals surface area contributed by atoms with Gasteiger partial charge < -0.3 is 20.1 Å². The van der Waals surface area contributed by atoms with Gasteiger partial charge in [0.15, 0.2) is 5.96 Å². The maximum Gasteiger partial charge on any atom is 0.193 e. The first kappa shape index (κ1) is 16.5. The molecule has 0 amide bonds. The standard InChI is InChI=1S/C14H22ClN3O2S/c1-16-14(18-6-5-10(8-18)9-20-2)17-7-11(19)12-3-4-13(15)21-12/h3-4,10-11,19H,5-9H2,1-2H3,(H,16,17). The minimum absolute atomic E-state index is 0.426. The van der Waals surface area contributed by atoms with Crippen molar-refractivity contribution in [2.45, 2.75) is 12.5 Å². The van der Waals surface area contributed by atoms with E-state index in [1.165, 1.54) is 11.3 Å². The van der Waals surface area contributed by atoms with Crippen LogP contribution in [0.1, 0.15) is 17.4 Å². The Morgan fingerprint density at radius 2 is 2.48 bits per heavy atom. The molecule has 2 unspecified atom stereocenters. The first-order valence-electron chi connectivity index (χ1n) is 7.02. The molecule has 1 saturated heterocycles. The number of thiophene rings is 1. The first-order chi connectivity index (χ1) is 10.1. The molecule has 0 saturated carbocycles. The summed E-state index contributed by atoms with van der Waals surface area (Å²) in [6, 6.07) is 3.65. The van der Waals surface area contributed by atoms with Crippen molar-refractivity contribution in [3.8, 4) is 0 Å². The van der Waals surface area contributed by atoms with E-state index in [1.807, 2.05) is 6.07 Å². The predicted molar refractivity (Wildman–Crippen MR) is 87.2 cm³/mol. The van der Waals surface area contributed by atoms with E-state index in [4.69, 9.17) is 16.3 Å². The summed E-state index contributed by atoms with van der Waals surface area (Å²) in [6.07, 6.45) is 0.536. The van der Waals surface area contributed by atoms with Crippen LogP contribution in [0.15, 0.2) is 17.1 Å². The Balaban J connectivity index is 1.83. The van der Waals surface area contributed by atoms with Crippen LogP contribution in [0.3, 0.4) is 0 Å². The number of guanidine groups is 1. The minimum Gasteiger partial charge on any atom is -0.386 e. The SMILES string of the molecule is CN=C(NCC(O)c1ccc(Cl)s1)N1CCC(COC)C1. The summed E-state index contributed by atoms with van der Waals surface area (Å²) in [7, 11) is 3.50. The fraction of sp³-hybridized carbons (Fsp3) is 0.643. The normalized spacial score (nSPS) is 20.9. The summed E-state index contributed by atoms with van der Waals surface area (Å²) < 4.78 is 5.90. The smallest absolute Gasteiger partial charge is 0.193 e. The monoisotopic (exact) mass is 331 g/mol. The number of ether oxygens (including phenoxy) is 1. The van der Waals surface area contributed by atoms with Gasteiger partial charge in [-0.1, -0.05) is 11.6 Å². The van der Waals surface area contributed by atoms with Crippen LogP contribution < -0.4 is 5.32 Å². The third kappa shape index (κ3) is 4.57. The summed E-state index contributed by atoms with van der Waals surface area (Å²) in [5.41, 5.74) is 0. The van der Waals surface area contributed by atoms with Gasteiger partial charge in [0.1, 0.15) is 6.10 Å². The van der Waals surface area contributed by atoms with Crippen LogP contribution in [-0.2, 0) is 4.74 Å². The third-order valence-electron chi connectivity index (χ3n) is 3.58. The van der Waals surface area contributed by atoms with Crippen LogP contribution in [-0.4, -0.2) is 56.4 Å². The highest BCUT2D eigenvalue weighted by molar-refractivity contribution is 7.16. The molecule has 21 heavy (non-hydrogen) atoms. The Kier molecular flexibility index (Phi) is 6.29. The van der Waals surface area contributed by atoms with E-state index >= 15 is 0 Å². The molecule has 2 atom stereocenters. The fourth-order valence-corrected chi connectivity index (χ4v) is 3.57. The molecule has 1 aromatic heterocycles. The lowest BCUT2D eigenvalue weighted by Crippen LogP contribution is -2.41. The number of likely N-dealkylation sites (tertiary alicyclic amines) is 1. The van der Waals surface area contributed by atoms with Gasteiger partial charge in [0.2, 0.25) is 0 Å². The van der Waals surface area contributed by atoms with E-state index in [2.05, 4.69) is 15.2 Å². The highest BCUT2D eigenvalue weighted by Crippen LogP contribution is 2.26. The number of aliphatic hydroxyl groups excluding tert-OH is 1. The van der Waals surface area contributed by atoms with Crippen LogP contribution >= 0.6 is 22.9 Å². The second-order valence-corrected chi connectivity index (χ2v) is 6.89. The molecule has 2 rings (SSSR count). The number of methoxy groups -OCH3 is 1. The van der Waals surface area contributed by atoms with Gasteiger partial charge in [0.25, 0.3) is 0 Å². The Morgan fingerprint density at radius 1 is 1.67 bits per heavy atom. The molecule has 7 heteroatoms. The van der Waals surface area contributed by atoms with Crippen molar-refractivity contribution >= 4 is 28.9 Å². The number of nitrogens with zero attached hydrogens (tertiary/aromatic N) is 2. The fourth-order valence-electron chi connectivity index (χ4n) is 2.52. The average molecular weight is 332 g/mol. The minimum atomic E-state index is -0.573. The maximum atomic E-state index is 10.2. The van der Waals surface area contributed by atoms with Crippen molar-refractivity contribution in [3.63, 3.8) is 0 Å². The lowest BCUT2D eigenvalue weighted by molar-refractivity contribution is 0.157. The Hall–Kier alpha value is -0.820. The number of rotatable bonds is 5. The van der Waals surface area contributed by atoms with E-state index in [9.17, 15) is 5.11 Å². The molecule has 1 fully saturated rings. The quantitative estimate of drug-likeness (QED) is 0.640. The van der Waals surface area contributed by atoms with Crippen LogP contribution in [0.2, 0.25) is 4.34 Å². The van der Waals surface area contributed by atoms with Crippen LogP contribution in [0.4, 0.5) is 0 Å². The van der Waals surface area contributed by atoms with Crippen molar-refractivity contribution in [1.29, 1.82) is 0 Å². The van der Waals surface area contributed by atoms with Crippen molar-refractivity contribution in [1.82, 2.24) is 10.2 Å². The van der Waals surface area contributed by atoms with Crippen molar-refractivity contribution in [2.75, 3.05) is 40.4 Å². The molecule has 0 spiro atoms. The van der Waals surface area contributed by atoms with E-state index in [0.29, 0.717) is 16.8 Å². The molecule has 118 valence electrons. The number of hydrogen-bond donors (Lipinski definition) is 2. The number of aliphatic hydroxyl groups is 1. The number of halogens is 1. The molecule has 0 radical (unpaired) electrons. The van der Waals surface area contributed by atoms with Crippen molar-refractivity contribution in [3.05, 3.63) is 21.3 Å². The summed E-state index contributed by atoms with van der Waals surface area (Å²) in [6.45, 7) is 3.11. The van der Waals surface area contributed by atoms with Gasteiger partial charge in [0, 0.05) is 44.6 Å². The lowest BCUT2D eigenvalue weighted by atomic mass is 10.1. The molecular formula is C14H22ClN3O2S. The molecule has 2 N–H and O–H groups in total. The van der Waals surface area contributed by atoms with Gasteiger partial charge in [-0.3, -0.25) is 4.99 Å². The number of nitrogens with one attached hydrogen (secondary N) is 1. The lowest BCUT2D eigenvalue weighted by Gasteiger charge is -2.22. The van der Waals surface area contributed by atoms with Gasteiger partial charge >= 0.3 is 0 Å². The molecule has 0 aliphatic carbocycles. The molecule has 0 bridgehead atoms. The molecule has 2 heterocycles. The van der Waals surface area contributed by atoms with E-state index < -0.39 is 6.10 Å². The predicted octanol–water partition coefficient (Wildman–Crippen LogP) is 1.98.